The number of sulfone groups is 1. The first-order chi connectivity index (χ1) is 18.6. The molecule has 0 aliphatic rings. The second-order valence-electron chi connectivity index (χ2n) is 8.58. The second kappa shape index (κ2) is 9.89. The van der Waals surface area contributed by atoms with Crippen LogP contribution in [0, 0.1) is 11.3 Å². The minimum atomic E-state index is -4.54. The van der Waals surface area contributed by atoms with Crippen LogP contribution in [0.15, 0.2) is 88.6 Å². The Bertz CT molecular complexity index is 1850. The number of ether oxygens (including phenoxy) is 1. The van der Waals surface area contributed by atoms with E-state index >= 15 is 0 Å². The Hall–Kier alpha value is -4.69. The number of halogens is 3. The first-order valence-electron chi connectivity index (χ1n) is 11.4. The molecule has 0 aliphatic carbocycles. The molecule has 0 bridgehead atoms. The molecule has 3 aromatic carbocycles. The van der Waals surface area contributed by atoms with E-state index in [1.165, 1.54) is 62.0 Å². The van der Waals surface area contributed by atoms with E-state index in [2.05, 4.69) is 16.2 Å². The third kappa shape index (κ3) is 5.06. The number of rotatable bonds is 6. The lowest BCUT2D eigenvalue weighted by molar-refractivity contribution is -0.137. The quantitative estimate of drug-likeness (QED) is 0.240. The maximum Gasteiger partial charge on any atom is 0.416 e. The molecule has 2 heterocycles. The van der Waals surface area contributed by atoms with Gasteiger partial charge >= 0.3 is 6.18 Å². The molecule has 0 saturated heterocycles. The van der Waals surface area contributed by atoms with Gasteiger partial charge in [-0.15, -0.1) is 0 Å². The Kier molecular flexibility index (Phi) is 6.57. The van der Waals surface area contributed by atoms with Crippen LogP contribution in [0.1, 0.15) is 16.8 Å². The molecular formula is C28H18F3N3O4S. The maximum atomic E-state index is 13.3. The first kappa shape index (κ1) is 25.9. The number of hydrogen-bond acceptors (Lipinski definition) is 7. The molecule has 0 fully saturated rings. The van der Waals surface area contributed by atoms with Crippen LogP contribution in [0.5, 0.6) is 5.75 Å². The minimum absolute atomic E-state index is 0.0831. The molecule has 11 heteroatoms. The van der Waals surface area contributed by atoms with E-state index in [1.54, 1.807) is 12.1 Å². The Morgan fingerprint density at radius 1 is 1.03 bits per heavy atom. The normalized spacial score (nSPS) is 11.9. The molecule has 196 valence electrons. The van der Waals surface area contributed by atoms with E-state index in [-0.39, 0.29) is 38.8 Å². The van der Waals surface area contributed by atoms with Gasteiger partial charge in [-0.2, -0.15) is 18.4 Å². The fourth-order valence-corrected chi connectivity index (χ4v) is 5.57. The summed E-state index contributed by atoms with van der Waals surface area (Å²) in [6.07, 6.45) is -1.75. The lowest BCUT2D eigenvalue weighted by Crippen LogP contribution is -2.05. The van der Waals surface area contributed by atoms with E-state index < -0.39 is 21.6 Å². The average molecular weight is 550 g/mol. The number of aromatic nitrogens is 2. The molecule has 7 nitrogen and oxygen atoms in total. The van der Waals surface area contributed by atoms with Gasteiger partial charge in [-0.05, 0) is 53.4 Å². The smallest absolute Gasteiger partial charge is 0.416 e. The summed E-state index contributed by atoms with van der Waals surface area (Å²) in [6, 6.07) is 17.5. The van der Waals surface area contributed by atoms with Crippen molar-refractivity contribution in [1.82, 2.24) is 10.1 Å². The number of alkyl halides is 3. The fourth-order valence-electron chi connectivity index (χ4n) is 4.28. The number of nitriles is 1. The summed E-state index contributed by atoms with van der Waals surface area (Å²) in [5.41, 5.74) is 0.878. The van der Waals surface area contributed by atoms with Crippen molar-refractivity contribution in [3.8, 4) is 34.2 Å². The summed E-state index contributed by atoms with van der Waals surface area (Å²) < 4.78 is 76.0. The van der Waals surface area contributed by atoms with Gasteiger partial charge in [-0.25, -0.2) is 8.42 Å². The van der Waals surface area contributed by atoms with Crippen molar-refractivity contribution in [3.63, 3.8) is 0 Å². The molecule has 0 saturated carbocycles. The van der Waals surface area contributed by atoms with Gasteiger partial charge in [0.15, 0.2) is 9.84 Å². The molecule has 0 radical (unpaired) electrons. The standard InChI is InChI=1S/C28H18F3N3O4S/c1-37-26-14-24(17-3-2-4-20(11-17)28(29,30)31)19(15-32)13-25(26)27-23-6-5-22(12-18(23)7-9-33-27)39(35,36)16-21-8-10-38-34-21/h2-14H,16H2,1H3. The van der Waals surface area contributed by atoms with Gasteiger partial charge in [-0.3, -0.25) is 4.98 Å². The number of fused-ring (bicyclic) bond motifs is 1. The molecule has 2 aromatic heterocycles. The highest BCUT2D eigenvalue weighted by molar-refractivity contribution is 7.90. The molecule has 0 aliphatic heterocycles. The van der Waals surface area contributed by atoms with Crippen molar-refractivity contribution < 1.29 is 30.8 Å². The Labute approximate surface area is 221 Å². The molecule has 0 amide bonds. The Morgan fingerprint density at radius 2 is 1.85 bits per heavy atom. The van der Waals surface area contributed by atoms with Crippen molar-refractivity contribution in [2.75, 3.05) is 7.11 Å². The molecule has 0 spiro atoms. The lowest BCUT2D eigenvalue weighted by Gasteiger charge is -2.15. The average Bonchev–Trinajstić information content (AvgIpc) is 3.43. The van der Waals surface area contributed by atoms with Crippen molar-refractivity contribution >= 4 is 20.6 Å². The fraction of sp³-hybridized carbons (Fsp3) is 0.107. The molecule has 5 aromatic rings. The molecule has 0 N–H and O–H groups in total. The van der Waals surface area contributed by atoms with E-state index in [1.807, 2.05) is 0 Å². The summed E-state index contributed by atoms with van der Waals surface area (Å²) in [6.45, 7) is 0. The summed E-state index contributed by atoms with van der Waals surface area (Å²) in [4.78, 5) is 4.54. The van der Waals surface area contributed by atoms with Crippen molar-refractivity contribution in [1.29, 1.82) is 5.26 Å². The maximum absolute atomic E-state index is 13.3. The predicted molar refractivity (Wildman–Crippen MR) is 136 cm³/mol. The van der Waals surface area contributed by atoms with Crippen LogP contribution < -0.4 is 4.74 Å². The summed E-state index contributed by atoms with van der Waals surface area (Å²) in [7, 11) is -2.31. The zero-order valence-electron chi connectivity index (χ0n) is 20.2. The molecule has 39 heavy (non-hydrogen) atoms. The van der Waals surface area contributed by atoms with Crippen molar-refractivity contribution in [2.45, 2.75) is 16.8 Å². The third-order valence-electron chi connectivity index (χ3n) is 6.14. The molecule has 0 atom stereocenters. The highest BCUT2D eigenvalue weighted by Crippen LogP contribution is 2.40. The third-order valence-corrected chi connectivity index (χ3v) is 7.79. The van der Waals surface area contributed by atoms with E-state index in [9.17, 15) is 26.9 Å². The van der Waals surface area contributed by atoms with Gasteiger partial charge in [0.1, 0.15) is 17.8 Å². The van der Waals surface area contributed by atoms with Gasteiger partial charge in [0.25, 0.3) is 0 Å². The number of pyridine rings is 1. The van der Waals surface area contributed by atoms with Crippen LogP contribution in [0.25, 0.3) is 33.2 Å². The minimum Gasteiger partial charge on any atom is -0.496 e. The van der Waals surface area contributed by atoms with E-state index in [4.69, 9.17) is 9.26 Å². The van der Waals surface area contributed by atoms with Crippen LogP contribution in [0.2, 0.25) is 0 Å². The van der Waals surface area contributed by atoms with Crippen LogP contribution in [-0.2, 0) is 21.8 Å². The Morgan fingerprint density at radius 3 is 2.54 bits per heavy atom. The van der Waals surface area contributed by atoms with Crippen LogP contribution in [-0.4, -0.2) is 25.7 Å². The SMILES string of the molecule is COc1cc(-c2cccc(C(F)(F)F)c2)c(C#N)cc1-c1nccc2cc(S(=O)(=O)Cc3ccon3)ccc12. The van der Waals surface area contributed by atoms with Crippen LogP contribution >= 0.6 is 0 Å². The summed E-state index contributed by atoms with van der Waals surface area (Å²) in [5.74, 6) is -0.0484. The highest BCUT2D eigenvalue weighted by atomic mass is 32.2. The number of hydrogen-bond donors (Lipinski definition) is 0. The number of nitrogens with zero attached hydrogens (tertiary/aromatic N) is 3. The zero-order valence-corrected chi connectivity index (χ0v) is 21.0. The van der Waals surface area contributed by atoms with Crippen LogP contribution in [0.4, 0.5) is 13.2 Å². The number of benzene rings is 3. The zero-order chi connectivity index (χ0) is 27.8. The topological polar surface area (TPSA) is 106 Å². The van der Waals surface area contributed by atoms with Gasteiger partial charge in [0, 0.05) is 28.8 Å². The summed E-state index contributed by atoms with van der Waals surface area (Å²) in [5, 5.41) is 14.7. The molecule has 0 unspecified atom stereocenters. The van der Waals surface area contributed by atoms with Gasteiger partial charge in [-0.1, -0.05) is 23.4 Å². The second-order valence-corrected chi connectivity index (χ2v) is 10.6. The van der Waals surface area contributed by atoms with Gasteiger partial charge < -0.3 is 9.26 Å². The van der Waals surface area contributed by atoms with E-state index in [0.717, 1.165) is 12.1 Å². The van der Waals surface area contributed by atoms with Gasteiger partial charge in [0.05, 0.1) is 40.6 Å². The Balaban J connectivity index is 1.62. The monoisotopic (exact) mass is 549 g/mol. The van der Waals surface area contributed by atoms with Gasteiger partial charge in [0.2, 0.25) is 0 Å². The lowest BCUT2D eigenvalue weighted by atomic mass is 9.94. The highest BCUT2D eigenvalue weighted by Gasteiger charge is 2.31. The summed E-state index contributed by atoms with van der Waals surface area (Å²) >= 11 is 0. The van der Waals surface area contributed by atoms with Crippen molar-refractivity contribution in [3.05, 3.63) is 96.0 Å². The largest absolute Gasteiger partial charge is 0.496 e. The number of methoxy groups -OCH3 is 1. The van der Waals surface area contributed by atoms with Crippen LogP contribution in [0.3, 0.4) is 0 Å². The van der Waals surface area contributed by atoms with Crippen molar-refractivity contribution in [2.24, 2.45) is 0 Å². The molecule has 5 rings (SSSR count). The first-order valence-corrected chi connectivity index (χ1v) is 13.1. The predicted octanol–water partition coefficient (Wildman–Crippen LogP) is 6.43. The van der Waals surface area contributed by atoms with E-state index in [0.29, 0.717) is 22.0 Å². The molecular weight excluding hydrogens is 531 g/mol.